The van der Waals surface area contributed by atoms with E-state index in [4.69, 9.17) is 4.98 Å². The summed E-state index contributed by atoms with van der Waals surface area (Å²) in [6.45, 7) is 2.02. The van der Waals surface area contributed by atoms with Crippen LogP contribution in [0.5, 0.6) is 0 Å². The number of fused-ring (bicyclic) bond motifs is 1. The Kier molecular flexibility index (Phi) is 4.07. The van der Waals surface area contributed by atoms with Crippen LogP contribution >= 0.6 is 11.8 Å². The summed E-state index contributed by atoms with van der Waals surface area (Å²) in [5.74, 6) is 1.96. The van der Waals surface area contributed by atoms with Gasteiger partial charge in [0, 0.05) is 16.9 Å². The molecular formula is C20H18N2OS. The van der Waals surface area contributed by atoms with Crippen LogP contribution in [0.3, 0.4) is 0 Å². The fraction of sp³-hybridized carbons (Fsp3) is 0.250. The van der Waals surface area contributed by atoms with E-state index in [1.807, 2.05) is 55.5 Å². The van der Waals surface area contributed by atoms with Gasteiger partial charge in [0.05, 0.1) is 11.3 Å². The molecule has 4 rings (SSSR count). The highest BCUT2D eigenvalue weighted by Gasteiger charge is 2.27. The molecule has 0 amide bonds. The minimum Gasteiger partial charge on any atom is -0.293 e. The molecule has 120 valence electrons. The van der Waals surface area contributed by atoms with Gasteiger partial charge in [-0.05, 0) is 25.8 Å². The monoisotopic (exact) mass is 334 g/mol. The molecule has 0 atom stereocenters. The number of carbonyl (C=O) groups is 1. The molecule has 0 spiro atoms. The summed E-state index contributed by atoms with van der Waals surface area (Å²) in [5, 5.41) is 1.95. The van der Waals surface area contributed by atoms with E-state index in [1.165, 1.54) is 24.6 Å². The fourth-order valence-electron chi connectivity index (χ4n) is 2.66. The maximum absolute atomic E-state index is 12.4. The molecule has 1 aromatic heterocycles. The largest absolute Gasteiger partial charge is 0.293 e. The van der Waals surface area contributed by atoms with Crippen LogP contribution in [-0.4, -0.2) is 21.5 Å². The van der Waals surface area contributed by atoms with E-state index >= 15 is 0 Å². The van der Waals surface area contributed by atoms with Crippen molar-refractivity contribution in [2.45, 2.75) is 30.7 Å². The maximum Gasteiger partial charge on any atom is 0.173 e. The van der Waals surface area contributed by atoms with Crippen molar-refractivity contribution in [3.05, 3.63) is 65.5 Å². The van der Waals surface area contributed by atoms with Crippen molar-refractivity contribution >= 4 is 28.4 Å². The Balaban J connectivity index is 1.59. The lowest BCUT2D eigenvalue weighted by molar-refractivity contribution is 0.102. The quantitative estimate of drug-likeness (QED) is 0.382. The van der Waals surface area contributed by atoms with Gasteiger partial charge in [-0.15, -0.1) is 0 Å². The van der Waals surface area contributed by atoms with E-state index in [0.29, 0.717) is 11.7 Å². The Morgan fingerprint density at radius 3 is 2.58 bits per heavy atom. The lowest BCUT2D eigenvalue weighted by Crippen LogP contribution is -2.03. The first-order valence-electron chi connectivity index (χ1n) is 8.20. The second-order valence-electron chi connectivity index (χ2n) is 6.26. The zero-order valence-corrected chi connectivity index (χ0v) is 14.3. The molecule has 1 aliphatic carbocycles. The zero-order chi connectivity index (χ0) is 16.5. The Morgan fingerprint density at radius 1 is 1.08 bits per heavy atom. The molecule has 0 aliphatic heterocycles. The minimum atomic E-state index is 0.135. The number of nitrogens with zero attached hydrogens (tertiary/aromatic N) is 2. The van der Waals surface area contributed by atoms with Crippen LogP contribution in [0.2, 0.25) is 0 Å². The molecule has 0 unspecified atom stereocenters. The summed E-state index contributed by atoms with van der Waals surface area (Å²) in [5.41, 5.74) is 2.89. The fourth-order valence-corrected chi connectivity index (χ4v) is 3.58. The van der Waals surface area contributed by atoms with Gasteiger partial charge < -0.3 is 0 Å². The second-order valence-corrected chi connectivity index (χ2v) is 7.22. The van der Waals surface area contributed by atoms with Crippen LogP contribution < -0.4 is 0 Å². The molecule has 3 nitrogen and oxygen atoms in total. The molecule has 1 fully saturated rings. The van der Waals surface area contributed by atoms with Crippen molar-refractivity contribution in [1.29, 1.82) is 0 Å². The van der Waals surface area contributed by atoms with Crippen molar-refractivity contribution in [1.82, 2.24) is 9.97 Å². The Morgan fingerprint density at radius 2 is 1.83 bits per heavy atom. The van der Waals surface area contributed by atoms with E-state index in [9.17, 15) is 4.79 Å². The standard InChI is InChI=1S/C20H18N2OS/c1-13-6-8-14(9-7-13)18(23)12-24-20-16-4-2-3-5-17(16)21-19(22-20)15-10-11-15/h2-9,15H,10-12H2,1H3. The third-order valence-corrected chi connectivity index (χ3v) is 5.23. The van der Waals surface area contributed by atoms with Gasteiger partial charge in [0.1, 0.15) is 10.9 Å². The number of ketones is 1. The lowest BCUT2D eigenvalue weighted by Gasteiger charge is -2.08. The molecule has 1 aliphatic rings. The average Bonchev–Trinajstić information content (AvgIpc) is 3.45. The highest BCUT2D eigenvalue weighted by Crippen LogP contribution is 2.39. The SMILES string of the molecule is Cc1ccc(C(=O)CSc2nc(C3CC3)nc3ccccc23)cc1. The number of para-hydroxylation sites is 1. The topological polar surface area (TPSA) is 42.9 Å². The number of Topliss-reactive ketones (excluding diaryl/α,β-unsaturated/α-hetero) is 1. The van der Waals surface area contributed by atoms with Crippen molar-refractivity contribution < 1.29 is 4.79 Å². The summed E-state index contributed by atoms with van der Waals surface area (Å²) in [6, 6.07) is 15.8. The van der Waals surface area contributed by atoms with Crippen molar-refractivity contribution in [3.63, 3.8) is 0 Å². The second kappa shape index (κ2) is 6.36. The van der Waals surface area contributed by atoms with Crippen LogP contribution in [0.25, 0.3) is 10.9 Å². The number of benzene rings is 2. The third-order valence-electron chi connectivity index (χ3n) is 4.24. The molecule has 2 aromatic carbocycles. The van der Waals surface area contributed by atoms with Gasteiger partial charge in [-0.3, -0.25) is 4.79 Å². The average molecular weight is 334 g/mol. The van der Waals surface area contributed by atoms with E-state index in [1.54, 1.807) is 0 Å². The summed E-state index contributed by atoms with van der Waals surface area (Å²) >= 11 is 1.52. The molecule has 1 heterocycles. The zero-order valence-electron chi connectivity index (χ0n) is 13.5. The first-order chi connectivity index (χ1) is 11.7. The molecule has 0 bridgehead atoms. The number of aryl methyl sites for hydroxylation is 1. The molecular weight excluding hydrogens is 316 g/mol. The number of aromatic nitrogens is 2. The van der Waals surface area contributed by atoms with E-state index in [2.05, 4.69) is 4.98 Å². The number of thioether (sulfide) groups is 1. The molecule has 0 radical (unpaired) electrons. The molecule has 1 saturated carbocycles. The normalized spacial score (nSPS) is 14.0. The predicted octanol–water partition coefficient (Wildman–Crippen LogP) is 4.79. The summed E-state index contributed by atoms with van der Waals surface area (Å²) < 4.78 is 0. The smallest absolute Gasteiger partial charge is 0.173 e. The summed E-state index contributed by atoms with van der Waals surface area (Å²) in [4.78, 5) is 21.9. The molecule has 24 heavy (non-hydrogen) atoms. The Hall–Kier alpha value is -2.20. The highest BCUT2D eigenvalue weighted by molar-refractivity contribution is 8.00. The molecule has 0 N–H and O–H groups in total. The van der Waals surface area contributed by atoms with Crippen molar-refractivity contribution in [2.75, 3.05) is 5.75 Å². The molecule has 4 heteroatoms. The highest BCUT2D eigenvalue weighted by atomic mass is 32.2. The first kappa shape index (κ1) is 15.3. The van der Waals surface area contributed by atoms with Gasteiger partial charge >= 0.3 is 0 Å². The Bertz CT molecular complexity index is 901. The van der Waals surface area contributed by atoms with E-state index in [-0.39, 0.29) is 5.78 Å². The van der Waals surface area contributed by atoms with Gasteiger partial charge in [0.15, 0.2) is 5.78 Å². The summed E-state index contributed by atoms with van der Waals surface area (Å²) in [6.07, 6.45) is 2.34. The van der Waals surface area contributed by atoms with Gasteiger partial charge in [-0.2, -0.15) is 0 Å². The first-order valence-corrected chi connectivity index (χ1v) is 9.18. The number of rotatable bonds is 5. The van der Waals surface area contributed by atoms with Crippen molar-refractivity contribution in [2.24, 2.45) is 0 Å². The van der Waals surface area contributed by atoms with Crippen LogP contribution in [-0.2, 0) is 0 Å². The van der Waals surface area contributed by atoms with E-state index in [0.717, 1.165) is 32.9 Å². The minimum absolute atomic E-state index is 0.135. The Labute approximate surface area is 145 Å². The van der Waals surface area contributed by atoms with Crippen LogP contribution in [0.1, 0.15) is 40.5 Å². The van der Waals surface area contributed by atoms with Crippen LogP contribution in [0.4, 0.5) is 0 Å². The number of hydrogen-bond acceptors (Lipinski definition) is 4. The lowest BCUT2D eigenvalue weighted by atomic mass is 10.1. The van der Waals surface area contributed by atoms with E-state index < -0.39 is 0 Å². The van der Waals surface area contributed by atoms with Gasteiger partial charge in [0.25, 0.3) is 0 Å². The van der Waals surface area contributed by atoms with Gasteiger partial charge in [-0.25, -0.2) is 9.97 Å². The predicted molar refractivity (Wildman–Crippen MR) is 97.7 cm³/mol. The summed E-state index contributed by atoms with van der Waals surface area (Å²) in [7, 11) is 0. The van der Waals surface area contributed by atoms with Gasteiger partial charge in [0.2, 0.25) is 0 Å². The third kappa shape index (κ3) is 3.20. The van der Waals surface area contributed by atoms with Crippen LogP contribution in [0, 0.1) is 6.92 Å². The molecule has 0 saturated heterocycles. The number of hydrogen-bond donors (Lipinski definition) is 0. The number of carbonyl (C=O) groups excluding carboxylic acids is 1. The van der Waals surface area contributed by atoms with Crippen LogP contribution in [0.15, 0.2) is 53.6 Å². The molecule has 3 aromatic rings. The van der Waals surface area contributed by atoms with Crippen molar-refractivity contribution in [3.8, 4) is 0 Å². The van der Waals surface area contributed by atoms with Gasteiger partial charge in [-0.1, -0.05) is 59.8 Å². The maximum atomic E-state index is 12.4.